The van der Waals surface area contributed by atoms with E-state index < -0.39 is 0 Å². The van der Waals surface area contributed by atoms with E-state index in [1.807, 2.05) is 31.2 Å². The summed E-state index contributed by atoms with van der Waals surface area (Å²) in [6, 6.07) is 12.9. The molecule has 24 heavy (non-hydrogen) atoms. The van der Waals surface area contributed by atoms with E-state index in [4.69, 9.17) is 4.74 Å². The standard InChI is InChI=1S/C18H18N4O2/c1-2-9-24-15-8-7-14(17(23)10-15)12-20-22-18-16-6-4-3-5-13(16)11-19-21-18/h3-8,10-12,23H,2,9H2,1H3,(H,21,22). The lowest BCUT2D eigenvalue weighted by Crippen LogP contribution is -1.97. The van der Waals surface area contributed by atoms with Gasteiger partial charge in [-0.05, 0) is 18.6 Å². The molecule has 3 rings (SSSR count). The van der Waals surface area contributed by atoms with Gasteiger partial charge in [0.1, 0.15) is 11.5 Å². The van der Waals surface area contributed by atoms with Crippen LogP contribution in [0.25, 0.3) is 10.8 Å². The van der Waals surface area contributed by atoms with Crippen molar-refractivity contribution in [2.75, 3.05) is 12.0 Å². The molecule has 0 aliphatic carbocycles. The van der Waals surface area contributed by atoms with Crippen LogP contribution in [0.15, 0.2) is 53.8 Å². The molecule has 2 aromatic carbocycles. The van der Waals surface area contributed by atoms with E-state index in [0.29, 0.717) is 23.7 Å². The van der Waals surface area contributed by atoms with Crippen molar-refractivity contribution in [1.29, 1.82) is 0 Å². The molecule has 6 nitrogen and oxygen atoms in total. The molecule has 122 valence electrons. The number of aromatic hydroxyl groups is 1. The molecule has 2 N–H and O–H groups in total. The number of phenolic OH excluding ortho intramolecular Hbond substituents is 1. The van der Waals surface area contributed by atoms with Crippen molar-refractivity contribution in [3.63, 3.8) is 0 Å². The van der Waals surface area contributed by atoms with E-state index in [0.717, 1.165) is 17.2 Å². The van der Waals surface area contributed by atoms with Crippen molar-refractivity contribution < 1.29 is 9.84 Å². The minimum absolute atomic E-state index is 0.109. The van der Waals surface area contributed by atoms with E-state index in [2.05, 4.69) is 20.7 Å². The highest BCUT2D eigenvalue weighted by Gasteiger charge is 2.03. The first kappa shape index (κ1) is 15.7. The predicted octanol–water partition coefficient (Wildman–Crippen LogP) is 3.57. The first-order chi connectivity index (χ1) is 11.8. The summed E-state index contributed by atoms with van der Waals surface area (Å²) in [5.74, 6) is 1.31. The van der Waals surface area contributed by atoms with Gasteiger partial charge in [0.2, 0.25) is 0 Å². The number of nitrogens with one attached hydrogen (secondary N) is 1. The maximum Gasteiger partial charge on any atom is 0.176 e. The molecule has 0 saturated heterocycles. The maximum atomic E-state index is 10.0. The summed E-state index contributed by atoms with van der Waals surface area (Å²) in [4.78, 5) is 0. The van der Waals surface area contributed by atoms with E-state index in [1.54, 1.807) is 24.4 Å². The van der Waals surface area contributed by atoms with Crippen molar-refractivity contribution in [3.8, 4) is 11.5 Å². The minimum Gasteiger partial charge on any atom is -0.507 e. The Balaban J connectivity index is 1.74. The van der Waals surface area contributed by atoms with Crippen LogP contribution in [0.5, 0.6) is 11.5 Å². The van der Waals surface area contributed by atoms with Crippen molar-refractivity contribution in [2.45, 2.75) is 13.3 Å². The molecule has 0 fully saturated rings. The third-order valence-corrected chi connectivity index (χ3v) is 3.42. The summed E-state index contributed by atoms with van der Waals surface area (Å²) in [6.45, 7) is 2.65. The van der Waals surface area contributed by atoms with Crippen LogP contribution in [-0.4, -0.2) is 28.1 Å². The summed E-state index contributed by atoms with van der Waals surface area (Å²) in [5.41, 5.74) is 3.45. The van der Waals surface area contributed by atoms with Crippen LogP contribution in [0, 0.1) is 0 Å². The quantitative estimate of drug-likeness (QED) is 0.536. The minimum atomic E-state index is 0.109. The molecular weight excluding hydrogens is 304 g/mol. The molecule has 3 aromatic rings. The largest absolute Gasteiger partial charge is 0.507 e. The summed E-state index contributed by atoms with van der Waals surface area (Å²) >= 11 is 0. The molecule has 1 heterocycles. The number of ether oxygens (including phenoxy) is 1. The molecular formula is C18H18N4O2. The normalized spacial score (nSPS) is 11.0. The number of hydrazone groups is 1. The molecule has 0 unspecified atom stereocenters. The number of fused-ring (bicyclic) bond motifs is 1. The van der Waals surface area contributed by atoms with Crippen LogP contribution >= 0.6 is 0 Å². The summed E-state index contributed by atoms with van der Waals surface area (Å²) < 4.78 is 5.47. The lowest BCUT2D eigenvalue weighted by Gasteiger charge is -2.06. The molecule has 6 heteroatoms. The van der Waals surface area contributed by atoms with Gasteiger partial charge in [0, 0.05) is 22.4 Å². The van der Waals surface area contributed by atoms with Gasteiger partial charge >= 0.3 is 0 Å². The topological polar surface area (TPSA) is 79.6 Å². The Bertz CT molecular complexity index is 859. The van der Waals surface area contributed by atoms with Crippen molar-refractivity contribution in [3.05, 3.63) is 54.2 Å². The van der Waals surface area contributed by atoms with Crippen LogP contribution < -0.4 is 10.2 Å². The molecule has 0 spiro atoms. The number of hydrogen-bond acceptors (Lipinski definition) is 6. The Morgan fingerprint density at radius 2 is 2.12 bits per heavy atom. The Morgan fingerprint density at radius 3 is 2.96 bits per heavy atom. The molecule has 0 bridgehead atoms. The van der Waals surface area contributed by atoms with Gasteiger partial charge in [-0.25, -0.2) is 0 Å². The van der Waals surface area contributed by atoms with E-state index >= 15 is 0 Å². The highest BCUT2D eigenvalue weighted by atomic mass is 16.5. The second-order valence-electron chi connectivity index (χ2n) is 5.22. The summed E-state index contributed by atoms with van der Waals surface area (Å²) in [7, 11) is 0. The van der Waals surface area contributed by atoms with E-state index in [1.165, 1.54) is 6.21 Å². The van der Waals surface area contributed by atoms with E-state index in [-0.39, 0.29) is 5.75 Å². The number of benzene rings is 2. The average molecular weight is 322 g/mol. The zero-order valence-electron chi connectivity index (χ0n) is 13.3. The second-order valence-corrected chi connectivity index (χ2v) is 5.22. The first-order valence-electron chi connectivity index (χ1n) is 7.73. The maximum absolute atomic E-state index is 10.0. The Labute approximate surface area is 139 Å². The molecule has 0 atom stereocenters. The van der Waals surface area contributed by atoms with Gasteiger partial charge < -0.3 is 9.84 Å². The predicted molar refractivity (Wildman–Crippen MR) is 94.6 cm³/mol. The first-order valence-corrected chi connectivity index (χ1v) is 7.73. The lowest BCUT2D eigenvalue weighted by molar-refractivity contribution is 0.315. The van der Waals surface area contributed by atoms with Crippen LogP contribution in [0.2, 0.25) is 0 Å². The van der Waals surface area contributed by atoms with Crippen LogP contribution in [0.4, 0.5) is 5.82 Å². The number of anilines is 1. The number of phenols is 1. The fourth-order valence-electron chi connectivity index (χ4n) is 2.22. The highest BCUT2D eigenvalue weighted by molar-refractivity contribution is 5.91. The third-order valence-electron chi connectivity index (χ3n) is 3.42. The fraction of sp³-hybridized carbons (Fsp3) is 0.167. The third kappa shape index (κ3) is 3.60. The highest BCUT2D eigenvalue weighted by Crippen LogP contribution is 2.23. The lowest BCUT2D eigenvalue weighted by atomic mass is 10.2. The van der Waals surface area contributed by atoms with Gasteiger partial charge in [-0.1, -0.05) is 31.2 Å². The number of hydrogen-bond donors (Lipinski definition) is 2. The molecule has 0 aliphatic rings. The Kier molecular flexibility index (Phi) is 4.86. The van der Waals surface area contributed by atoms with E-state index in [9.17, 15) is 5.11 Å². The fourth-order valence-corrected chi connectivity index (χ4v) is 2.22. The van der Waals surface area contributed by atoms with Gasteiger partial charge in [-0.15, -0.1) is 5.10 Å². The monoisotopic (exact) mass is 322 g/mol. The van der Waals surface area contributed by atoms with Gasteiger partial charge in [-0.2, -0.15) is 10.2 Å². The zero-order chi connectivity index (χ0) is 16.8. The number of rotatable bonds is 6. The van der Waals surface area contributed by atoms with Crippen molar-refractivity contribution in [1.82, 2.24) is 10.2 Å². The SMILES string of the molecule is CCCOc1ccc(C=NNc2nncc3ccccc23)c(O)c1. The van der Waals surface area contributed by atoms with Gasteiger partial charge in [0.25, 0.3) is 0 Å². The van der Waals surface area contributed by atoms with Gasteiger partial charge in [-0.3, -0.25) is 5.43 Å². The molecule has 0 radical (unpaired) electrons. The van der Waals surface area contributed by atoms with Crippen LogP contribution in [0.3, 0.4) is 0 Å². The zero-order valence-corrected chi connectivity index (χ0v) is 13.3. The summed E-state index contributed by atoms with van der Waals surface area (Å²) in [6.07, 6.45) is 4.15. The molecule has 1 aromatic heterocycles. The number of aromatic nitrogens is 2. The van der Waals surface area contributed by atoms with Crippen molar-refractivity contribution in [2.24, 2.45) is 5.10 Å². The van der Waals surface area contributed by atoms with Crippen LogP contribution in [0.1, 0.15) is 18.9 Å². The van der Waals surface area contributed by atoms with Gasteiger partial charge in [0.15, 0.2) is 5.82 Å². The average Bonchev–Trinajstić information content (AvgIpc) is 2.62. The molecule has 0 amide bonds. The van der Waals surface area contributed by atoms with Gasteiger partial charge in [0.05, 0.1) is 19.0 Å². The second kappa shape index (κ2) is 7.41. The van der Waals surface area contributed by atoms with Crippen molar-refractivity contribution >= 4 is 22.8 Å². The summed E-state index contributed by atoms with van der Waals surface area (Å²) in [5, 5.41) is 24.1. The smallest absolute Gasteiger partial charge is 0.176 e. The molecule has 0 aliphatic heterocycles. The molecule has 0 saturated carbocycles. The van der Waals surface area contributed by atoms with Crippen LogP contribution in [-0.2, 0) is 0 Å². The Morgan fingerprint density at radius 1 is 1.25 bits per heavy atom. The Hall–Kier alpha value is -3.15. The number of nitrogens with zero attached hydrogens (tertiary/aromatic N) is 3.